The zero-order valence-corrected chi connectivity index (χ0v) is 11.6. The number of ketones is 1. The van der Waals surface area contributed by atoms with Gasteiger partial charge in [0.1, 0.15) is 5.78 Å². The minimum absolute atomic E-state index is 0.279. The van der Waals surface area contributed by atoms with Gasteiger partial charge in [-0.2, -0.15) is 0 Å². The van der Waals surface area contributed by atoms with Gasteiger partial charge in [-0.25, -0.2) is 0 Å². The molecule has 1 nitrogen and oxygen atoms in total. The minimum atomic E-state index is 0.279. The van der Waals surface area contributed by atoms with E-state index in [1.165, 1.54) is 12.8 Å². The molecular formula is C15H26O. The molecule has 2 fully saturated rings. The molecule has 2 rings (SSSR count). The quantitative estimate of drug-likeness (QED) is 0.704. The highest BCUT2D eigenvalue weighted by Crippen LogP contribution is 2.59. The van der Waals surface area contributed by atoms with Crippen molar-refractivity contribution in [1.82, 2.24) is 0 Å². The standard InChI is InChI=1S/C15H26O/c1-9(11-7-14(11,3)4)13(16)10(2)12-8-15(12,5)6/h9-12H,7-8H2,1-6H3. The van der Waals surface area contributed by atoms with Crippen LogP contribution in [0, 0.1) is 34.5 Å². The molecule has 16 heavy (non-hydrogen) atoms. The molecule has 0 N–H and O–H groups in total. The monoisotopic (exact) mass is 222 g/mol. The van der Waals surface area contributed by atoms with Crippen LogP contribution in [0.1, 0.15) is 54.4 Å². The van der Waals surface area contributed by atoms with Crippen LogP contribution in [0.3, 0.4) is 0 Å². The Balaban J connectivity index is 1.93. The van der Waals surface area contributed by atoms with E-state index < -0.39 is 0 Å². The first-order chi connectivity index (χ1) is 7.17. The van der Waals surface area contributed by atoms with Gasteiger partial charge >= 0.3 is 0 Å². The number of hydrogen-bond acceptors (Lipinski definition) is 1. The van der Waals surface area contributed by atoms with Crippen molar-refractivity contribution in [3.05, 3.63) is 0 Å². The van der Waals surface area contributed by atoms with Gasteiger partial charge in [0.05, 0.1) is 0 Å². The van der Waals surface area contributed by atoms with Crippen LogP contribution in [0.25, 0.3) is 0 Å². The average molecular weight is 222 g/mol. The van der Waals surface area contributed by atoms with Gasteiger partial charge in [-0.05, 0) is 35.5 Å². The lowest BCUT2D eigenvalue weighted by Gasteiger charge is -2.18. The summed E-state index contributed by atoms with van der Waals surface area (Å²) in [6.07, 6.45) is 2.47. The van der Waals surface area contributed by atoms with Crippen molar-refractivity contribution in [2.45, 2.75) is 54.4 Å². The van der Waals surface area contributed by atoms with Crippen molar-refractivity contribution in [2.75, 3.05) is 0 Å². The summed E-state index contributed by atoms with van der Waals surface area (Å²) in [5.74, 6) is 2.36. The van der Waals surface area contributed by atoms with Crippen LogP contribution in [-0.4, -0.2) is 5.78 Å². The Bertz CT molecular complexity index is 283. The van der Waals surface area contributed by atoms with E-state index in [4.69, 9.17) is 0 Å². The molecular weight excluding hydrogens is 196 g/mol. The van der Waals surface area contributed by atoms with Crippen LogP contribution in [-0.2, 0) is 4.79 Å². The second kappa shape index (κ2) is 3.34. The maximum absolute atomic E-state index is 12.4. The molecule has 0 amide bonds. The predicted octanol–water partition coefficient (Wildman–Crippen LogP) is 3.92. The molecule has 4 unspecified atom stereocenters. The Morgan fingerprint density at radius 1 is 0.938 bits per heavy atom. The molecule has 0 radical (unpaired) electrons. The van der Waals surface area contributed by atoms with E-state index in [0.717, 1.165) is 0 Å². The molecule has 2 aliphatic rings. The van der Waals surface area contributed by atoms with Gasteiger partial charge in [0, 0.05) is 11.8 Å². The van der Waals surface area contributed by atoms with Crippen molar-refractivity contribution in [3.8, 4) is 0 Å². The molecule has 4 atom stereocenters. The van der Waals surface area contributed by atoms with Crippen molar-refractivity contribution in [1.29, 1.82) is 0 Å². The van der Waals surface area contributed by atoms with Crippen molar-refractivity contribution < 1.29 is 4.79 Å². The Kier molecular flexibility index (Phi) is 2.53. The molecule has 2 aliphatic carbocycles. The van der Waals surface area contributed by atoms with Crippen LogP contribution in [0.2, 0.25) is 0 Å². The Morgan fingerprint density at radius 3 is 1.38 bits per heavy atom. The summed E-state index contributed by atoms with van der Waals surface area (Å²) in [5, 5.41) is 0. The van der Waals surface area contributed by atoms with E-state index in [1.807, 2.05) is 0 Å². The lowest BCUT2D eigenvalue weighted by Crippen LogP contribution is -2.25. The zero-order valence-electron chi connectivity index (χ0n) is 11.6. The summed E-state index contributed by atoms with van der Waals surface area (Å²) in [7, 11) is 0. The van der Waals surface area contributed by atoms with Gasteiger partial charge < -0.3 is 0 Å². The first-order valence-corrected chi connectivity index (χ1v) is 6.70. The highest BCUT2D eigenvalue weighted by atomic mass is 16.1. The summed E-state index contributed by atoms with van der Waals surface area (Å²) in [6, 6.07) is 0. The van der Waals surface area contributed by atoms with Crippen LogP contribution < -0.4 is 0 Å². The van der Waals surface area contributed by atoms with Crippen molar-refractivity contribution in [2.24, 2.45) is 34.5 Å². The zero-order chi connectivity index (χ0) is 12.3. The SMILES string of the molecule is CC(C(=O)C(C)C1CC1(C)C)C1CC1(C)C. The maximum Gasteiger partial charge on any atom is 0.139 e. The number of hydrogen-bond donors (Lipinski definition) is 0. The van der Waals surface area contributed by atoms with E-state index >= 15 is 0 Å². The maximum atomic E-state index is 12.4. The first kappa shape index (κ1) is 12.1. The fourth-order valence-corrected chi connectivity index (χ4v) is 3.53. The van der Waals surface area contributed by atoms with Crippen LogP contribution in [0.5, 0.6) is 0 Å². The molecule has 0 bridgehead atoms. The van der Waals surface area contributed by atoms with Crippen LogP contribution >= 0.6 is 0 Å². The number of Topliss-reactive ketones (excluding diaryl/α,β-unsaturated/α-hetero) is 1. The lowest BCUT2D eigenvalue weighted by molar-refractivity contribution is -0.127. The second-order valence-electron chi connectivity index (χ2n) is 7.58. The van der Waals surface area contributed by atoms with Gasteiger partial charge in [0.15, 0.2) is 0 Å². The fraction of sp³-hybridized carbons (Fsp3) is 0.933. The molecule has 2 saturated carbocycles. The molecule has 92 valence electrons. The highest BCUT2D eigenvalue weighted by molar-refractivity contribution is 5.84. The normalized spacial score (nSPS) is 37.6. The summed E-state index contributed by atoms with van der Waals surface area (Å²) in [6.45, 7) is 13.4. The van der Waals surface area contributed by atoms with E-state index in [2.05, 4.69) is 41.5 Å². The summed E-state index contributed by atoms with van der Waals surface area (Å²) >= 11 is 0. The first-order valence-electron chi connectivity index (χ1n) is 6.70. The van der Waals surface area contributed by atoms with E-state index in [0.29, 0.717) is 28.4 Å². The van der Waals surface area contributed by atoms with Gasteiger partial charge in [0.25, 0.3) is 0 Å². The predicted molar refractivity (Wildman–Crippen MR) is 67.1 cm³/mol. The number of carbonyl (C=O) groups excluding carboxylic acids is 1. The van der Waals surface area contributed by atoms with Crippen LogP contribution in [0.15, 0.2) is 0 Å². The minimum Gasteiger partial charge on any atom is -0.299 e. The van der Waals surface area contributed by atoms with Gasteiger partial charge in [-0.1, -0.05) is 41.5 Å². The molecule has 0 saturated heterocycles. The summed E-state index contributed by atoms with van der Waals surface area (Å²) < 4.78 is 0. The number of rotatable bonds is 4. The highest BCUT2D eigenvalue weighted by Gasteiger charge is 2.55. The topological polar surface area (TPSA) is 17.1 Å². The second-order valence-corrected chi connectivity index (χ2v) is 7.58. The fourth-order valence-electron chi connectivity index (χ4n) is 3.53. The molecule has 0 aromatic rings. The molecule has 0 spiro atoms. The third-order valence-electron chi connectivity index (χ3n) is 5.28. The molecule has 0 heterocycles. The molecule has 1 heteroatoms. The van der Waals surface area contributed by atoms with E-state index in [9.17, 15) is 4.79 Å². The number of carbonyl (C=O) groups is 1. The summed E-state index contributed by atoms with van der Waals surface area (Å²) in [4.78, 5) is 12.4. The molecule has 0 aliphatic heterocycles. The van der Waals surface area contributed by atoms with Crippen molar-refractivity contribution in [3.63, 3.8) is 0 Å². The van der Waals surface area contributed by atoms with E-state index in [1.54, 1.807) is 0 Å². The van der Waals surface area contributed by atoms with Gasteiger partial charge in [-0.3, -0.25) is 4.79 Å². The lowest BCUT2D eigenvalue weighted by atomic mass is 9.84. The van der Waals surface area contributed by atoms with Crippen molar-refractivity contribution >= 4 is 5.78 Å². The Hall–Kier alpha value is -0.330. The molecule has 0 aromatic carbocycles. The Morgan fingerprint density at radius 2 is 1.19 bits per heavy atom. The summed E-state index contributed by atoms with van der Waals surface area (Å²) in [5.41, 5.74) is 0.849. The largest absolute Gasteiger partial charge is 0.299 e. The Labute approximate surface area is 100.0 Å². The van der Waals surface area contributed by atoms with E-state index in [-0.39, 0.29) is 11.8 Å². The molecule has 0 aromatic heterocycles. The van der Waals surface area contributed by atoms with Crippen LogP contribution in [0.4, 0.5) is 0 Å². The third kappa shape index (κ3) is 1.94. The average Bonchev–Trinajstić information content (AvgIpc) is 2.99. The third-order valence-corrected chi connectivity index (χ3v) is 5.28. The van der Waals surface area contributed by atoms with Gasteiger partial charge in [0.2, 0.25) is 0 Å². The van der Waals surface area contributed by atoms with Gasteiger partial charge in [-0.15, -0.1) is 0 Å². The smallest absolute Gasteiger partial charge is 0.139 e.